The molecule has 1 unspecified atom stereocenters. The second-order valence-corrected chi connectivity index (χ2v) is 7.90. The van der Waals surface area contributed by atoms with E-state index < -0.39 is 0 Å². The Labute approximate surface area is 172 Å². The maximum absolute atomic E-state index is 13.3. The van der Waals surface area contributed by atoms with Gasteiger partial charge in [0.2, 0.25) is 11.8 Å². The summed E-state index contributed by atoms with van der Waals surface area (Å²) < 4.78 is 24.9. The number of ether oxygens (including phenoxy) is 1. The van der Waals surface area contributed by atoms with E-state index in [0.717, 1.165) is 18.4 Å². The molecule has 1 amide bonds. The van der Waals surface area contributed by atoms with Crippen LogP contribution in [0, 0.1) is 11.2 Å². The van der Waals surface area contributed by atoms with Crippen LogP contribution in [0.25, 0.3) is 11.5 Å². The predicted octanol–water partition coefficient (Wildman–Crippen LogP) is 3.31. The van der Waals surface area contributed by atoms with Crippen molar-refractivity contribution in [1.29, 1.82) is 0 Å². The van der Waals surface area contributed by atoms with Gasteiger partial charge < -0.3 is 14.1 Å². The van der Waals surface area contributed by atoms with Crippen molar-refractivity contribution in [3.8, 4) is 11.5 Å². The van der Waals surface area contributed by atoms with Crippen LogP contribution in [0.1, 0.15) is 35.0 Å². The van der Waals surface area contributed by atoms with Crippen molar-refractivity contribution in [3.63, 3.8) is 0 Å². The lowest BCUT2D eigenvalue weighted by atomic mass is 9.72. The summed E-state index contributed by atoms with van der Waals surface area (Å²) in [5, 5.41) is 8.56. The Morgan fingerprint density at radius 1 is 1.07 bits per heavy atom. The normalized spacial score (nSPS) is 20.6. The van der Waals surface area contributed by atoms with Crippen molar-refractivity contribution < 1.29 is 18.3 Å². The Morgan fingerprint density at radius 2 is 1.80 bits per heavy atom. The summed E-state index contributed by atoms with van der Waals surface area (Å²) in [6.45, 7) is 2.35. The van der Waals surface area contributed by atoms with Crippen molar-refractivity contribution >= 4 is 5.91 Å². The lowest BCUT2D eigenvalue weighted by molar-refractivity contribution is 0.00908. The number of carbonyl (C=O) groups is 1. The number of carbonyl (C=O) groups excluding carboxylic acids is 1. The fourth-order valence-electron chi connectivity index (χ4n) is 4.51. The van der Waals surface area contributed by atoms with E-state index in [9.17, 15) is 9.18 Å². The number of amides is 1. The van der Waals surface area contributed by atoms with Gasteiger partial charge in [0, 0.05) is 55.2 Å². The fraction of sp³-hybridized carbons (Fsp3) is 0.364. The van der Waals surface area contributed by atoms with Gasteiger partial charge in [-0.3, -0.25) is 9.78 Å². The second kappa shape index (κ2) is 7.60. The van der Waals surface area contributed by atoms with Crippen LogP contribution in [-0.2, 0) is 4.74 Å². The highest BCUT2D eigenvalue weighted by Gasteiger charge is 2.51. The van der Waals surface area contributed by atoms with Crippen LogP contribution in [0.5, 0.6) is 0 Å². The average Bonchev–Trinajstić information content (AvgIpc) is 3.40. The number of pyridine rings is 1. The van der Waals surface area contributed by atoms with E-state index in [-0.39, 0.29) is 23.1 Å². The molecule has 30 heavy (non-hydrogen) atoms. The highest BCUT2D eigenvalue weighted by Crippen LogP contribution is 2.49. The first-order valence-corrected chi connectivity index (χ1v) is 10.0. The minimum atomic E-state index is -0.360. The molecule has 4 heterocycles. The summed E-state index contributed by atoms with van der Waals surface area (Å²) >= 11 is 0. The van der Waals surface area contributed by atoms with Gasteiger partial charge in [-0.25, -0.2) is 4.39 Å². The van der Waals surface area contributed by atoms with Crippen LogP contribution < -0.4 is 0 Å². The number of benzene rings is 1. The molecule has 0 radical (unpaired) electrons. The third-order valence-corrected chi connectivity index (χ3v) is 6.18. The average molecular weight is 408 g/mol. The number of likely N-dealkylation sites (tertiary alicyclic amines) is 1. The van der Waals surface area contributed by atoms with E-state index in [1.165, 1.54) is 24.3 Å². The van der Waals surface area contributed by atoms with Crippen LogP contribution in [0.2, 0.25) is 0 Å². The number of halogens is 1. The molecule has 1 spiro atoms. The van der Waals surface area contributed by atoms with Crippen molar-refractivity contribution in [2.45, 2.75) is 18.8 Å². The van der Waals surface area contributed by atoms with Crippen molar-refractivity contribution in [1.82, 2.24) is 20.1 Å². The largest absolute Gasteiger partial charge is 0.420 e. The second-order valence-electron chi connectivity index (χ2n) is 7.90. The Kier molecular flexibility index (Phi) is 4.78. The molecule has 2 aromatic heterocycles. The predicted molar refractivity (Wildman–Crippen MR) is 105 cm³/mol. The summed E-state index contributed by atoms with van der Waals surface area (Å²) in [5.74, 6) is 0.434. The summed E-state index contributed by atoms with van der Waals surface area (Å²) in [5.41, 5.74) is 1.11. The van der Waals surface area contributed by atoms with Crippen LogP contribution in [0.3, 0.4) is 0 Å². The summed E-state index contributed by atoms with van der Waals surface area (Å²) in [7, 11) is 0. The first-order chi connectivity index (χ1) is 14.6. The number of nitrogens with zero attached hydrogens (tertiary/aromatic N) is 4. The Balaban J connectivity index is 1.45. The standard InChI is InChI=1S/C22H21FN4O3/c23-17-3-1-16(2-4-17)21(28)27-13-18(22(14-27)7-11-29-12-8-22)20-26-25-19(30-20)15-5-9-24-10-6-15/h1-6,9-10,18H,7-8,11-14H2. The summed E-state index contributed by atoms with van der Waals surface area (Å²) in [6.07, 6.45) is 4.99. The maximum Gasteiger partial charge on any atom is 0.253 e. The highest BCUT2D eigenvalue weighted by atomic mass is 19.1. The lowest BCUT2D eigenvalue weighted by Crippen LogP contribution is -2.37. The molecule has 8 heteroatoms. The SMILES string of the molecule is O=C(c1ccc(F)cc1)N1CC(c2nnc(-c3ccncc3)o2)C2(CCOCC2)C1. The minimum Gasteiger partial charge on any atom is -0.420 e. The molecular formula is C22H21FN4O3. The fourth-order valence-corrected chi connectivity index (χ4v) is 4.51. The van der Waals surface area contributed by atoms with Crippen molar-refractivity contribution in [2.24, 2.45) is 5.41 Å². The first kappa shape index (κ1) is 18.9. The van der Waals surface area contributed by atoms with Gasteiger partial charge in [-0.2, -0.15) is 0 Å². The van der Waals surface area contributed by atoms with Crippen LogP contribution in [-0.4, -0.2) is 52.3 Å². The molecule has 0 aliphatic carbocycles. The van der Waals surface area contributed by atoms with E-state index in [1.54, 1.807) is 12.4 Å². The first-order valence-electron chi connectivity index (χ1n) is 10.0. The zero-order valence-electron chi connectivity index (χ0n) is 16.3. The van der Waals surface area contributed by atoms with Crippen LogP contribution in [0.15, 0.2) is 53.2 Å². The molecule has 5 rings (SSSR count). The molecule has 1 atom stereocenters. The lowest BCUT2D eigenvalue weighted by Gasteiger charge is -2.36. The molecule has 2 aliphatic heterocycles. The van der Waals surface area contributed by atoms with Gasteiger partial charge in [0.1, 0.15) is 5.82 Å². The summed E-state index contributed by atoms with van der Waals surface area (Å²) in [4.78, 5) is 18.9. The zero-order chi connectivity index (χ0) is 20.6. The minimum absolute atomic E-state index is 0.0751. The van der Waals surface area contributed by atoms with E-state index in [4.69, 9.17) is 9.15 Å². The molecule has 2 fully saturated rings. The van der Waals surface area contributed by atoms with Crippen molar-refractivity contribution in [2.75, 3.05) is 26.3 Å². The molecule has 2 saturated heterocycles. The molecular weight excluding hydrogens is 387 g/mol. The maximum atomic E-state index is 13.3. The van der Waals surface area contributed by atoms with Gasteiger partial charge in [-0.15, -0.1) is 10.2 Å². The molecule has 2 aliphatic rings. The van der Waals surface area contributed by atoms with E-state index >= 15 is 0 Å². The zero-order valence-corrected chi connectivity index (χ0v) is 16.3. The Bertz CT molecular complexity index is 1030. The third-order valence-electron chi connectivity index (χ3n) is 6.18. The van der Waals surface area contributed by atoms with Crippen LogP contribution in [0.4, 0.5) is 4.39 Å². The molecule has 7 nitrogen and oxygen atoms in total. The Hall–Kier alpha value is -3.13. The van der Waals surface area contributed by atoms with Gasteiger partial charge in [-0.1, -0.05) is 0 Å². The number of rotatable bonds is 3. The van der Waals surface area contributed by atoms with Crippen LogP contribution >= 0.6 is 0 Å². The molecule has 154 valence electrons. The smallest absolute Gasteiger partial charge is 0.253 e. The van der Waals surface area contributed by atoms with Crippen molar-refractivity contribution in [3.05, 3.63) is 66.1 Å². The van der Waals surface area contributed by atoms with Gasteiger partial charge in [-0.05, 0) is 49.2 Å². The molecule has 3 aromatic rings. The molecule has 0 N–H and O–H groups in total. The van der Waals surface area contributed by atoms with Gasteiger partial charge in [0.15, 0.2) is 0 Å². The van der Waals surface area contributed by atoms with E-state index in [2.05, 4.69) is 15.2 Å². The monoisotopic (exact) mass is 408 g/mol. The topological polar surface area (TPSA) is 81.4 Å². The van der Waals surface area contributed by atoms with E-state index in [1.807, 2.05) is 17.0 Å². The van der Waals surface area contributed by atoms with E-state index in [0.29, 0.717) is 43.6 Å². The molecule has 0 saturated carbocycles. The van der Waals surface area contributed by atoms with Gasteiger partial charge in [0.25, 0.3) is 5.91 Å². The van der Waals surface area contributed by atoms with Gasteiger partial charge in [0.05, 0.1) is 5.92 Å². The quantitative estimate of drug-likeness (QED) is 0.661. The third kappa shape index (κ3) is 3.37. The summed E-state index contributed by atoms with van der Waals surface area (Å²) in [6, 6.07) is 9.31. The number of aromatic nitrogens is 3. The molecule has 1 aromatic carbocycles. The Morgan fingerprint density at radius 3 is 2.53 bits per heavy atom. The van der Waals surface area contributed by atoms with Gasteiger partial charge >= 0.3 is 0 Å². The highest BCUT2D eigenvalue weighted by molar-refractivity contribution is 5.94. The number of hydrogen-bond acceptors (Lipinski definition) is 6. The molecule has 0 bridgehead atoms. The number of hydrogen-bond donors (Lipinski definition) is 0.